The van der Waals surface area contributed by atoms with E-state index in [0.717, 1.165) is 25.1 Å². The number of imidazole rings is 1. The largest absolute Gasteiger partial charge is 0.349 e. The zero-order valence-electron chi connectivity index (χ0n) is 13.1. The van der Waals surface area contributed by atoms with Gasteiger partial charge in [-0.1, -0.05) is 27.2 Å². The number of nitrogens with one attached hydrogen (secondary N) is 1. The minimum absolute atomic E-state index is 0.301. The van der Waals surface area contributed by atoms with E-state index in [0.29, 0.717) is 35.9 Å². The van der Waals surface area contributed by atoms with Crippen LogP contribution in [0.1, 0.15) is 58.7 Å². The van der Waals surface area contributed by atoms with Crippen molar-refractivity contribution in [1.29, 1.82) is 0 Å². The summed E-state index contributed by atoms with van der Waals surface area (Å²) in [5.41, 5.74) is 0. The van der Waals surface area contributed by atoms with Gasteiger partial charge >= 0.3 is 0 Å². The first-order chi connectivity index (χ1) is 9.58. The third-order valence-electron chi connectivity index (χ3n) is 4.83. The van der Waals surface area contributed by atoms with Crippen LogP contribution in [0.4, 0.5) is 0 Å². The number of Topliss-reactive ketones (excluding diaryl/α,β-unsaturated/α-hetero) is 1. The molecule has 0 saturated heterocycles. The van der Waals surface area contributed by atoms with Crippen LogP contribution in [0.2, 0.25) is 0 Å². The molecule has 20 heavy (non-hydrogen) atoms. The molecular formula is C17H28N2O. The van der Waals surface area contributed by atoms with Crippen molar-refractivity contribution in [1.82, 2.24) is 9.97 Å². The Morgan fingerprint density at radius 1 is 1.45 bits per heavy atom. The van der Waals surface area contributed by atoms with Gasteiger partial charge in [0.1, 0.15) is 11.6 Å². The van der Waals surface area contributed by atoms with Gasteiger partial charge in [0, 0.05) is 31.2 Å². The highest BCUT2D eigenvalue weighted by Gasteiger charge is 2.34. The molecule has 1 saturated carbocycles. The van der Waals surface area contributed by atoms with Gasteiger partial charge in [0.25, 0.3) is 0 Å². The molecule has 0 aliphatic heterocycles. The Morgan fingerprint density at radius 3 is 2.90 bits per heavy atom. The predicted molar refractivity (Wildman–Crippen MR) is 81.4 cm³/mol. The van der Waals surface area contributed by atoms with Crippen LogP contribution in [0.3, 0.4) is 0 Å². The van der Waals surface area contributed by atoms with Gasteiger partial charge in [0.2, 0.25) is 0 Å². The Labute approximate surface area is 122 Å². The minimum Gasteiger partial charge on any atom is -0.349 e. The van der Waals surface area contributed by atoms with Crippen molar-refractivity contribution >= 4 is 5.78 Å². The summed E-state index contributed by atoms with van der Waals surface area (Å²) < 4.78 is 0. The van der Waals surface area contributed by atoms with E-state index in [1.165, 1.54) is 12.8 Å². The maximum atomic E-state index is 12.6. The Morgan fingerprint density at radius 2 is 2.25 bits per heavy atom. The second-order valence-corrected chi connectivity index (χ2v) is 6.79. The molecule has 1 aliphatic carbocycles. The smallest absolute Gasteiger partial charge is 0.136 e. The Bertz CT molecular complexity index is 411. The summed E-state index contributed by atoms with van der Waals surface area (Å²) in [6.45, 7) is 6.83. The van der Waals surface area contributed by atoms with Crippen LogP contribution in [0.5, 0.6) is 0 Å². The van der Waals surface area contributed by atoms with Crippen molar-refractivity contribution in [2.24, 2.45) is 23.7 Å². The van der Waals surface area contributed by atoms with Gasteiger partial charge < -0.3 is 4.98 Å². The summed E-state index contributed by atoms with van der Waals surface area (Å²) in [4.78, 5) is 19.9. The molecular weight excluding hydrogens is 248 g/mol. The van der Waals surface area contributed by atoms with E-state index in [2.05, 4.69) is 30.7 Å². The number of nitrogens with zero attached hydrogens (tertiary/aromatic N) is 1. The number of ketones is 1. The van der Waals surface area contributed by atoms with Crippen molar-refractivity contribution in [3.63, 3.8) is 0 Å². The maximum absolute atomic E-state index is 12.6. The van der Waals surface area contributed by atoms with E-state index < -0.39 is 0 Å². The number of aryl methyl sites for hydroxylation is 1. The van der Waals surface area contributed by atoms with Gasteiger partial charge in [-0.2, -0.15) is 0 Å². The highest BCUT2D eigenvalue weighted by molar-refractivity contribution is 5.81. The summed E-state index contributed by atoms with van der Waals surface area (Å²) >= 11 is 0. The zero-order chi connectivity index (χ0) is 14.5. The Balaban J connectivity index is 1.85. The van der Waals surface area contributed by atoms with E-state index >= 15 is 0 Å². The van der Waals surface area contributed by atoms with Crippen LogP contribution >= 0.6 is 0 Å². The molecule has 1 aromatic rings. The number of aromatic nitrogens is 2. The normalized spacial score (nSPS) is 26.9. The lowest BCUT2D eigenvalue weighted by Gasteiger charge is -2.36. The monoisotopic (exact) mass is 276 g/mol. The first-order valence-electron chi connectivity index (χ1n) is 8.09. The molecule has 0 amide bonds. The number of aromatic amines is 1. The molecule has 2 rings (SSSR count). The summed E-state index contributed by atoms with van der Waals surface area (Å²) in [5, 5.41) is 0. The lowest BCUT2D eigenvalue weighted by molar-refractivity contribution is -0.127. The van der Waals surface area contributed by atoms with Gasteiger partial charge in [-0.3, -0.25) is 4.79 Å². The topological polar surface area (TPSA) is 45.8 Å². The Kier molecular flexibility index (Phi) is 5.38. The van der Waals surface area contributed by atoms with E-state index in [4.69, 9.17) is 0 Å². The van der Waals surface area contributed by atoms with Crippen molar-refractivity contribution < 1.29 is 4.79 Å². The Hall–Kier alpha value is -1.12. The number of carbonyl (C=O) groups excluding carboxylic acids is 1. The number of rotatable bonds is 6. The number of carbonyl (C=O) groups is 1. The van der Waals surface area contributed by atoms with Crippen LogP contribution in [-0.2, 0) is 11.2 Å². The quantitative estimate of drug-likeness (QED) is 0.853. The van der Waals surface area contributed by atoms with Crippen molar-refractivity contribution in [3.8, 4) is 0 Å². The molecule has 0 bridgehead atoms. The molecule has 112 valence electrons. The predicted octanol–water partition coefficient (Wildman–Crippen LogP) is 4.01. The molecule has 3 nitrogen and oxygen atoms in total. The van der Waals surface area contributed by atoms with E-state index in [-0.39, 0.29) is 0 Å². The fraction of sp³-hybridized carbons (Fsp3) is 0.765. The average molecular weight is 276 g/mol. The molecule has 0 aromatic carbocycles. The van der Waals surface area contributed by atoms with Crippen LogP contribution in [-0.4, -0.2) is 15.8 Å². The molecule has 1 N–H and O–H groups in total. The average Bonchev–Trinajstić information content (AvgIpc) is 2.91. The molecule has 0 radical (unpaired) electrons. The third-order valence-corrected chi connectivity index (χ3v) is 4.83. The molecule has 3 heteroatoms. The molecule has 0 unspecified atom stereocenters. The SMILES string of the molecule is CC(C)[C@@H]1CC[C@@H](C)C[C@H]1C(=O)CCCc1ncc[nH]1. The van der Waals surface area contributed by atoms with Gasteiger partial charge in [0.05, 0.1) is 0 Å². The second kappa shape index (κ2) is 7.05. The van der Waals surface area contributed by atoms with Crippen LogP contribution in [0.15, 0.2) is 12.4 Å². The summed E-state index contributed by atoms with van der Waals surface area (Å²) in [7, 11) is 0. The van der Waals surface area contributed by atoms with E-state index in [1.54, 1.807) is 6.20 Å². The molecule has 3 atom stereocenters. The van der Waals surface area contributed by atoms with Crippen LogP contribution < -0.4 is 0 Å². The lowest BCUT2D eigenvalue weighted by atomic mass is 9.68. The molecule has 1 aromatic heterocycles. The first kappa shape index (κ1) is 15.3. The van der Waals surface area contributed by atoms with Gasteiger partial charge in [-0.05, 0) is 37.0 Å². The molecule has 1 fully saturated rings. The summed E-state index contributed by atoms with van der Waals surface area (Å²) in [6, 6.07) is 0. The summed E-state index contributed by atoms with van der Waals surface area (Å²) in [6.07, 6.45) is 9.75. The number of hydrogen-bond donors (Lipinski definition) is 1. The van der Waals surface area contributed by atoms with Crippen molar-refractivity contribution in [3.05, 3.63) is 18.2 Å². The minimum atomic E-state index is 0.301. The molecule has 1 aliphatic rings. The van der Waals surface area contributed by atoms with Gasteiger partial charge in [-0.15, -0.1) is 0 Å². The van der Waals surface area contributed by atoms with E-state index in [9.17, 15) is 4.79 Å². The molecule has 1 heterocycles. The maximum Gasteiger partial charge on any atom is 0.136 e. The first-order valence-corrected chi connectivity index (χ1v) is 8.09. The van der Waals surface area contributed by atoms with Crippen LogP contribution in [0.25, 0.3) is 0 Å². The number of H-pyrrole nitrogens is 1. The lowest BCUT2D eigenvalue weighted by Crippen LogP contribution is -2.33. The molecule has 0 spiro atoms. The fourth-order valence-corrected chi connectivity index (χ4v) is 3.62. The second-order valence-electron chi connectivity index (χ2n) is 6.79. The van der Waals surface area contributed by atoms with Gasteiger partial charge in [0.15, 0.2) is 0 Å². The third kappa shape index (κ3) is 3.94. The van der Waals surface area contributed by atoms with Gasteiger partial charge in [-0.25, -0.2) is 4.98 Å². The van der Waals surface area contributed by atoms with E-state index in [1.807, 2.05) is 6.20 Å². The van der Waals surface area contributed by atoms with Crippen molar-refractivity contribution in [2.45, 2.75) is 59.3 Å². The highest BCUT2D eigenvalue weighted by atomic mass is 16.1. The fourth-order valence-electron chi connectivity index (χ4n) is 3.62. The summed E-state index contributed by atoms with van der Waals surface area (Å²) in [5.74, 6) is 3.72. The standard InChI is InChI=1S/C17H28N2O/c1-12(2)14-8-7-13(3)11-15(14)16(20)5-4-6-17-18-9-10-19-17/h9-10,12-15H,4-8,11H2,1-3H3,(H,18,19)/t13-,14+,15-/m1/s1. The van der Waals surface area contributed by atoms with Crippen LogP contribution in [0, 0.1) is 23.7 Å². The zero-order valence-corrected chi connectivity index (χ0v) is 13.1. The number of hydrogen-bond acceptors (Lipinski definition) is 2. The van der Waals surface area contributed by atoms with Crippen molar-refractivity contribution in [2.75, 3.05) is 0 Å². The highest BCUT2D eigenvalue weighted by Crippen LogP contribution is 2.39.